The van der Waals surface area contributed by atoms with E-state index in [1.54, 1.807) is 24.1 Å². The highest BCUT2D eigenvalue weighted by Gasteiger charge is 2.29. The van der Waals surface area contributed by atoms with Gasteiger partial charge < -0.3 is 10.2 Å². The van der Waals surface area contributed by atoms with Crippen molar-refractivity contribution in [2.45, 2.75) is 24.3 Å². The first-order chi connectivity index (χ1) is 9.85. The maximum Gasteiger partial charge on any atom is 0.252 e. The average Bonchev–Trinajstić information content (AvgIpc) is 2.77. The number of rotatable bonds is 4. The molecule has 1 unspecified atom stereocenters. The molecule has 114 valence electrons. The van der Waals surface area contributed by atoms with Gasteiger partial charge in [0.25, 0.3) is 5.91 Å². The molecule has 0 spiro atoms. The van der Waals surface area contributed by atoms with Crippen LogP contribution in [-0.2, 0) is 14.6 Å². The molecule has 2 amide bonds. The van der Waals surface area contributed by atoms with E-state index in [1.807, 2.05) is 0 Å². The van der Waals surface area contributed by atoms with E-state index in [4.69, 9.17) is 0 Å². The van der Waals surface area contributed by atoms with Crippen LogP contribution in [0.25, 0.3) is 0 Å². The van der Waals surface area contributed by atoms with E-state index in [-0.39, 0.29) is 34.6 Å². The number of carbonyl (C=O) groups is 2. The molecule has 0 radical (unpaired) electrons. The van der Waals surface area contributed by atoms with Crippen LogP contribution in [0.2, 0.25) is 0 Å². The van der Waals surface area contributed by atoms with Crippen molar-refractivity contribution in [1.82, 2.24) is 10.2 Å². The zero-order valence-corrected chi connectivity index (χ0v) is 12.8. The van der Waals surface area contributed by atoms with Crippen LogP contribution in [0.5, 0.6) is 0 Å². The maximum absolute atomic E-state index is 12.3. The second-order valence-corrected chi connectivity index (χ2v) is 7.30. The van der Waals surface area contributed by atoms with Crippen molar-refractivity contribution < 1.29 is 18.0 Å². The van der Waals surface area contributed by atoms with E-state index in [0.717, 1.165) is 0 Å². The summed E-state index contributed by atoms with van der Waals surface area (Å²) in [4.78, 5) is 25.3. The normalized spacial score (nSPS) is 18.9. The standard InChI is InChI=1S/C14H18N2O4S/c1-3-21(19,20)12-7-5-4-6-11(12)14(18)15-10-8-13(17)16(2)9-10/h4-7,10H,3,8-9H2,1-2H3,(H,15,18). The third kappa shape index (κ3) is 3.24. The van der Waals surface area contributed by atoms with Crippen molar-refractivity contribution in [3.05, 3.63) is 29.8 Å². The minimum Gasteiger partial charge on any atom is -0.347 e. The first-order valence-corrected chi connectivity index (χ1v) is 8.37. The van der Waals surface area contributed by atoms with E-state index < -0.39 is 15.7 Å². The molecule has 0 bridgehead atoms. The molecule has 1 aromatic carbocycles. The fourth-order valence-electron chi connectivity index (χ4n) is 2.30. The highest BCUT2D eigenvalue weighted by atomic mass is 32.2. The molecule has 1 heterocycles. The number of sulfone groups is 1. The minimum atomic E-state index is -3.47. The van der Waals surface area contributed by atoms with Gasteiger partial charge >= 0.3 is 0 Å². The Balaban J connectivity index is 2.23. The summed E-state index contributed by atoms with van der Waals surface area (Å²) in [6, 6.07) is 5.84. The highest BCUT2D eigenvalue weighted by Crippen LogP contribution is 2.18. The van der Waals surface area contributed by atoms with Gasteiger partial charge in [0.1, 0.15) is 0 Å². The van der Waals surface area contributed by atoms with Gasteiger partial charge in [-0.15, -0.1) is 0 Å². The lowest BCUT2D eigenvalue weighted by molar-refractivity contribution is -0.126. The van der Waals surface area contributed by atoms with Gasteiger partial charge in [0.05, 0.1) is 22.3 Å². The van der Waals surface area contributed by atoms with Gasteiger partial charge in [-0.2, -0.15) is 0 Å². The monoisotopic (exact) mass is 310 g/mol. The number of benzene rings is 1. The van der Waals surface area contributed by atoms with E-state index >= 15 is 0 Å². The van der Waals surface area contributed by atoms with Crippen molar-refractivity contribution in [3.63, 3.8) is 0 Å². The van der Waals surface area contributed by atoms with Crippen LogP contribution in [0, 0.1) is 0 Å². The Kier molecular flexibility index (Phi) is 4.32. The Labute approximate surface area is 124 Å². The van der Waals surface area contributed by atoms with Gasteiger partial charge in [-0.25, -0.2) is 8.42 Å². The minimum absolute atomic E-state index is 0.0303. The maximum atomic E-state index is 12.3. The molecule has 1 saturated heterocycles. The zero-order chi connectivity index (χ0) is 15.6. The van der Waals surface area contributed by atoms with Crippen molar-refractivity contribution in [3.8, 4) is 0 Å². The molecule has 2 rings (SSSR count). The lowest BCUT2D eigenvalue weighted by Crippen LogP contribution is -2.37. The first kappa shape index (κ1) is 15.5. The molecule has 7 heteroatoms. The number of likely N-dealkylation sites (N-methyl/N-ethyl adjacent to an activating group) is 1. The number of hydrogen-bond acceptors (Lipinski definition) is 4. The van der Waals surface area contributed by atoms with Crippen LogP contribution in [-0.4, -0.2) is 50.5 Å². The Hall–Kier alpha value is -1.89. The fraction of sp³-hybridized carbons (Fsp3) is 0.429. The summed E-state index contributed by atoms with van der Waals surface area (Å²) in [5.74, 6) is -0.562. The van der Waals surface area contributed by atoms with E-state index in [0.29, 0.717) is 6.54 Å². The van der Waals surface area contributed by atoms with Crippen molar-refractivity contribution in [2.75, 3.05) is 19.3 Å². The van der Waals surface area contributed by atoms with Crippen LogP contribution in [0.1, 0.15) is 23.7 Å². The summed E-state index contributed by atoms with van der Waals surface area (Å²) in [6.45, 7) is 1.97. The first-order valence-electron chi connectivity index (χ1n) is 6.71. The van der Waals surface area contributed by atoms with Crippen molar-refractivity contribution in [1.29, 1.82) is 0 Å². The molecule has 0 saturated carbocycles. The van der Waals surface area contributed by atoms with Gasteiger partial charge in [0.15, 0.2) is 9.84 Å². The van der Waals surface area contributed by atoms with Crippen LogP contribution >= 0.6 is 0 Å². The smallest absolute Gasteiger partial charge is 0.252 e. The predicted molar refractivity (Wildman–Crippen MR) is 77.7 cm³/mol. The average molecular weight is 310 g/mol. The Morgan fingerprint density at radius 3 is 2.62 bits per heavy atom. The number of hydrogen-bond donors (Lipinski definition) is 1. The number of carbonyl (C=O) groups excluding carboxylic acids is 2. The number of amides is 2. The van der Waals surface area contributed by atoms with E-state index in [2.05, 4.69) is 5.32 Å². The summed E-state index contributed by atoms with van der Waals surface area (Å²) < 4.78 is 24.1. The second-order valence-electron chi connectivity index (χ2n) is 5.05. The summed E-state index contributed by atoms with van der Waals surface area (Å²) >= 11 is 0. The summed E-state index contributed by atoms with van der Waals surface area (Å²) in [5.41, 5.74) is 0.126. The van der Waals surface area contributed by atoms with E-state index in [1.165, 1.54) is 19.1 Å². The van der Waals surface area contributed by atoms with Gasteiger partial charge in [-0.1, -0.05) is 19.1 Å². The quantitative estimate of drug-likeness (QED) is 0.875. The SMILES string of the molecule is CCS(=O)(=O)c1ccccc1C(=O)NC1CC(=O)N(C)C1. The molecule has 1 fully saturated rings. The van der Waals surface area contributed by atoms with Gasteiger partial charge in [-0.3, -0.25) is 9.59 Å². The predicted octanol–water partition coefficient (Wildman–Crippen LogP) is 0.441. The molecule has 1 atom stereocenters. The van der Waals surface area contributed by atoms with Crippen LogP contribution in [0.4, 0.5) is 0 Å². The third-order valence-electron chi connectivity index (χ3n) is 3.52. The zero-order valence-electron chi connectivity index (χ0n) is 12.0. The topological polar surface area (TPSA) is 83.5 Å². The van der Waals surface area contributed by atoms with Crippen molar-refractivity contribution in [2.24, 2.45) is 0 Å². The van der Waals surface area contributed by atoms with Gasteiger partial charge in [-0.05, 0) is 12.1 Å². The summed E-state index contributed by atoms with van der Waals surface area (Å²) in [5, 5.41) is 2.73. The Morgan fingerprint density at radius 1 is 1.38 bits per heavy atom. The largest absolute Gasteiger partial charge is 0.347 e. The Morgan fingerprint density at radius 2 is 2.05 bits per heavy atom. The number of nitrogens with zero attached hydrogens (tertiary/aromatic N) is 1. The van der Waals surface area contributed by atoms with Gasteiger partial charge in [0, 0.05) is 20.0 Å². The van der Waals surface area contributed by atoms with Gasteiger partial charge in [0.2, 0.25) is 5.91 Å². The summed E-state index contributed by atoms with van der Waals surface area (Å²) in [7, 11) is -1.80. The molecule has 0 aliphatic carbocycles. The van der Waals surface area contributed by atoms with Crippen LogP contribution < -0.4 is 5.32 Å². The molecular formula is C14H18N2O4S. The molecule has 1 N–H and O–H groups in total. The molecule has 1 aliphatic heterocycles. The molecular weight excluding hydrogens is 292 g/mol. The molecule has 6 nitrogen and oxygen atoms in total. The third-order valence-corrected chi connectivity index (χ3v) is 5.31. The van der Waals surface area contributed by atoms with Crippen LogP contribution in [0.15, 0.2) is 29.2 Å². The Bertz CT molecular complexity index is 669. The molecule has 0 aromatic heterocycles. The lowest BCUT2D eigenvalue weighted by atomic mass is 10.2. The fourth-order valence-corrected chi connectivity index (χ4v) is 3.40. The molecule has 1 aliphatic rings. The number of nitrogens with one attached hydrogen (secondary N) is 1. The lowest BCUT2D eigenvalue weighted by Gasteiger charge is -2.14. The molecule has 1 aromatic rings. The highest BCUT2D eigenvalue weighted by molar-refractivity contribution is 7.91. The van der Waals surface area contributed by atoms with E-state index in [9.17, 15) is 18.0 Å². The molecule has 21 heavy (non-hydrogen) atoms. The summed E-state index contributed by atoms with van der Waals surface area (Å²) in [6.07, 6.45) is 0.241. The number of likely N-dealkylation sites (tertiary alicyclic amines) is 1. The second kappa shape index (κ2) is 5.85. The van der Waals surface area contributed by atoms with Crippen LogP contribution in [0.3, 0.4) is 0 Å². The van der Waals surface area contributed by atoms with Crippen molar-refractivity contribution >= 4 is 21.7 Å².